The Morgan fingerprint density at radius 3 is 2.39 bits per heavy atom. The van der Waals surface area contributed by atoms with Gasteiger partial charge in [-0.2, -0.15) is 0 Å². The second-order valence-corrected chi connectivity index (χ2v) is 5.17. The van der Waals surface area contributed by atoms with E-state index >= 15 is 0 Å². The highest BCUT2D eigenvalue weighted by molar-refractivity contribution is 5.75. The molecule has 0 saturated heterocycles. The molecular weight excluding hydrogens is 232 g/mol. The summed E-state index contributed by atoms with van der Waals surface area (Å²) < 4.78 is 0. The molecule has 0 unspecified atom stereocenters. The Kier molecular flexibility index (Phi) is 5.95. The summed E-state index contributed by atoms with van der Waals surface area (Å²) in [6.07, 6.45) is 7.20. The van der Waals surface area contributed by atoms with Gasteiger partial charge in [0.2, 0.25) is 0 Å². The number of rotatable bonds is 6. The van der Waals surface area contributed by atoms with E-state index in [9.17, 15) is 9.59 Å². The van der Waals surface area contributed by atoms with Gasteiger partial charge in [0.1, 0.15) is 0 Å². The third-order valence-corrected chi connectivity index (χ3v) is 3.91. The van der Waals surface area contributed by atoms with E-state index in [1.807, 2.05) is 0 Å². The van der Waals surface area contributed by atoms with Crippen LogP contribution >= 0.6 is 0 Å². The lowest BCUT2D eigenvalue weighted by atomic mass is 9.72. The van der Waals surface area contributed by atoms with Gasteiger partial charge in [0.25, 0.3) is 0 Å². The molecule has 0 atom stereocenters. The third kappa shape index (κ3) is 4.94. The molecule has 1 fully saturated rings. The first-order chi connectivity index (χ1) is 8.58. The number of urea groups is 1. The van der Waals surface area contributed by atoms with Crippen molar-refractivity contribution < 1.29 is 14.7 Å². The minimum absolute atomic E-state index is 0.0354. The lowest BCUT2D eigenvalue weighted by molar-refractivity contribution is -0.136. The first-order valence-corrected chi connectivity index (χ1v) is 6.81. The van der Waals surface area contributed by atoms with Crippen LogP contribution in [0.15, 0.2) is 0 Å². The van der Waals surface area contributed by atoms with Gasteiger partial charge in [0.05, 0.1) is 6.42 Å². The molecule has 0 aromatic heterocycles. The Bertz CT molecular complexity index is 286. The van der Waals surface area contributed by atoms with Crippen LogP contribution in [0.4, 0.5) is 4.79 Å². The van der Waals surface area contributed by atoms with Gasteiger partial charge < -0.3 is 15.7 Å². The Morgan fingerprint density at radius 2 is 1.83 bits per heavy atom. The van der Waals surface area contributed by atoms with Crippen LogP contribution in [-0.2, 0) is 4.79 Å². The maximum Gasteiger partial charge on any atom is 0.314 e. The number of carbonyl (C=O) groups excluding carboxylic acids is 1. The predicted octanol–water partition coefficient (Wildman–Crippen LogP) is 2.12. The zero-order chi connectivity index (χ0) is 13.4. The van der Waals surface area contributed by atoms with Crippen molar-refractivity contribution in [2.24, 2.45) is 5.41 Å². The average molecular weight is 256 g/mol. The summed E-state index contributed by atoms with van der Waals surface area (Å²) in [4.78, 5) is 21.8. The quantitative estimate of drug-likeness (QED) is 0.681. The summed E-state index contributed by atoms with van der Waals surface area (Å²) in [6, 6.07) is -0.255. The summed E-state index contributed by atoms with van der Waals surface area (Å²) in [5.41, 5.74) is 0.252. The zero-order valence-corrected chi connectivity index (χ0v) is 11.1. The summed E-state index contributed by atoms with van der Waals surface area (Å²) in [6.45, 7) is 3.05. The Labute approximate surface area is 108 Å². The molecule has 5 nitrogen and oxygen atoms in total. The molecular formula is C13H24N2O3. The number of carboxylic acid groups (broad SMARTS) is 1. The fourth-order valence-electron chi connectivity index (χ4n) is 2.57. The van der Waals surface area contributed by atoms with Crippen LogP contribution in [0.3, 0.4) is 0 Å². The van der Waals surface area contributed by atoms with Gasteiger partial charge in [-0.25, -0.2) is 4.79 Å². The van der Waals surface area contributed by atoms with Gasteiger partial charge in [0, 0.05) is 13.1 Å². The van der Waals surface area contributed by atoms with E-state index in [4.69, 9.17) is 5.11 Å². The van der Waals surface area contributed by atoms with E-state index < -0.39 is 5.97 Å². The normalized spacial score (nSPS) is 18.1. The van der Waals surface area contributed by atoms with Crippen molar-refractivity contribution in [2.75, 3.05) is 13.1 Å². The van der Waals surface area contributed by atoms with E-state index in [2.05, 4.69) is 17.6 Å². The second kappa shape index (κ2) is 7.24. The average Bonchev–Trinajstić information content (AvgIpc) is 2.37. The monoisotopic (exact) mass is 256 g/mol. The number of hydrogen-bond donors (Lipinski definition) is 3. The van der Waals surface area contributed by atoms with Crippen molar-refractivity contribution in [1.82, 2.24) is 10.6 Å². The Balaban J connectivity index is 2.25. The van der Waals surface area contributed by atoms with Gasteiger partial charge in [-0.05, 0) is 24.7 Å². The highest BCUT2D eigenvalue weighted by Crippen LogP contribution is 2.38. The van der Waals surface area contributed by atoms with Crippen LogP contribution < -0.4 is 10.6 Å². The fraction of sp³-hybridized carbons (Fsp3) is 0.846. The van der Waals surface area contributed by atoms with Crippen LogP contribution in [-0.4, -0.2) is 30.2 Å². The van der Waals surface area contributed by atoms with E-state index in [0.717, 1.165) is 6.42 Å². The van der Waals surface area contributed by atoms with E-state index in [-0.39, 0.29) is 24.4 Å². The topological polar surface area (TPSA) is 78.4 Å². The van der Waals surface area contributed by atoms with Crippen molar-refractivity contribution in [3.05, 3.63) is 0 Å². The number of hydrogen-bond acceptors (Lipinski definition) is 2. The summed E-state index contributed by atoms with van der Waals surface area (Å²) >= 11 is 0. The lowest BCUT2D eigenvalue weighted by Crippen LogP contribution is -2.43. The van der Waals surface area contributed by atoms with E-state index in [1.54, 1.807) is 0 Å². The van der Waals surface area contributed by atoms with Crippen molar-refractivity contribution in [1.29, 1.82) is 0 Å². The molecule has 0 aliphatic heterocycles. The highest BCUT2D eigenvalue weighted by atomic mass is 16.4. The minimum Gasteiger partial charge on any atom is -0.481 e. The van der Waals surface area contributed by atoms with Gasteiger partial charge in [0.15, 0.2) is 0 Å². The molecule has 1 rings (SSSR count). The predicted molar refractivity (Wildman–Crippen MR) is 69.5 cm³/mol. The molecule has 0 radical (unpaired) electrons. The van der Waals surface area contributed by atoms with Gasteiger partial charge in [-0.1, -0.05) is 26.2 Å². The summed E-state index contributed by atoms with van der Waals surface area (Å²) in [7, 11) is 0. The SMILES string of the molecule is CCC1(CNC(=O)NCCC(=O)O)CCCCC1. The number of amides is 2. The lowest BCUT2D eigenvalue weighted by Gasteiger charge is -2.36. The Morgan fingerprint density at radius 1 is 1.17 bits per heavy atom. The zero-order valence-electron chi connectivity index (χ0n) is 11.1. The highest BCUT2D eigenvalue weighted by Gasteiger charge is 2.30. The third-order valence-electron chi connectivity index (χ3n) is 3.91. The molecule has 5 heteroatoms. The number of nitrogens with one attached hydrogen (secondary N) is 2. The van der Waals surface area contributed by atoms with E-state index in [0.29, 0.717) is 6.54 Å². The van der Waals surface area contributed by atoms with Crippen LogP contribution in [0.25, 0.3) is 0 Å². The van der Waals surface area contributed by atoms with Crippen LogP contribution in [0, 0.1) is 5.41 Å². The maximum absolute atomic E-state index is 11.5. The number of carbonyl (C=O) groups is 2. The number of aliphatic carboxylic acids is 1. The molecule has 0 spiro atoms. The van der Waals surface area contributed by atoms with E-state index in [1.165, 1.54) is 32.1 Å². The molecule has 0 bridgehead atoms. The van der Waals surface area contributed by atoms with Crippen molar-refractivity contribution >= 4 is 12.0 Å². The molecule has 0 aromatic carbocycles. The molecule has 1 aliphatic rings. The maximum atomic E-state index is 11.5. The molecule has 18 heavy (non-hydrogen) atoms. The number of carboxylic acids is 1. The molecule has 0 aromatic rings. The minimum atomic E-state index is -0.896. The van der Waals surface area contributed by atoms with Gasteiger partial charge in [-0.15, -0.1) is 0 Å². The van der Waals surface area contributed by atoms with Gasteiger partial charge in [-0.3, -0.25) is 4.79 Å². The van der Waals surface area contributed by atoms with Crippen molar-refractivity contribution in [3.63, 3.8) is 0 Å². The molecule has 2 amide bonds. The second-order valence-electron chi connectivity index (χ2n) is 5.17. The molecule has 3 N–H and O–H groups in total. The van der Waals surface area contributed by atoms with Crippen molar-refractivity contribution in [2.45, 2.75) is 51.9 Å². The largest absolute Gasteiger partial charge is 0.481 e. The molecule has 1 aliphatic carbocycles. The fourth-order valence-corrected chi connectivity index (χ4v) is 2.57. The van der Waals surface area contributed by atoms with Crippen LogP contribution in [0.2, 0.25) is 0 Å². The van der Waals surface area contributed by atoms with Crippen LogP contribution in [0.5, 0.6) is 0 Å². The van der Waals surface area contributed by atoms with Crippen LogP contribution in [0.1, 0.15) is 51.9 Å². The molecule has 104 valence electrons. The molecule has 0 heterocycles. The first-order valence-electron chi connectivity index (χ1n) is 6.81. The van der Waals surface area contributed by atoms with Gasteiger partial charge >= 0.3 is 12.0 Å². The first kappa shape index (κ1) is 14.8. The summed E-state index contributed by atoms with van der Waals surface area (Å²) in [5, 5.41) is 13.9. The summed E-state index contributed by atoms with van der Waals surface area (Å²) in [5.74, 6) is -0.896. The molecule has 1 saturated carbocycles. The van der Waals surface area contributed by atoms with Crippen molar-refractivity contribution in [3.8, 4) is 0 Å². The Hall–Kier alpha value is -1.26. The smallest absolute Gasteiger partial charge is 0.314 e. The standard InChI is InChI=1S/C13H24N2O3/c1-2-13(7-4-3-5-8-13)10-15-12(18)14-9-6-11(16)17/h2-10H2,1H3,(H,16,17)(H2,14,15,18).